The van der Waals surface area contributed by atoms with E-state index in [1.165, 1.54) is 16.7 Å². The van der Waals surface area contributed by atoms with Crippen molar-refractivity contribution in [3.63, 3.8) is 0 Å². The summed E-state index contributed by atoms with van der Waals surface area (Å²) in [5.74, 6) is 1.88. The SMILES string of the molecule is Cc1cccc(NC(=O)[C@H]2C[C@H]3c4ccccc4[C@@H]2[C@H]2C=CC=C[C@@H]23)c1. The molecular weight excluding hydrogens is 318 g/mol. The van der Waals surface area contributed by atoms with Crippen molar-refractivity contribution in [1.29, 1.82) is 0 Å². The van der Waals surface area contributed by atoms with Gasteiger partial charge in [0.05, 0.1) is 0 Å². The molecule has 1 saturated carbocycles. The molecule has 0 unspecified atom stereocenters. The smallest absolute Gasteiger partial charge is 0.228 e. The van der Waals surface area contributed by atoms with Gasteiger partial charge in [-0.1, -0.05) is 60.7 Å². The zero-order chi connectivity index (χ0) is 17.7. The molecule has 1 amide bonds. The molecule has 2 bridgehead atoms. The first-order chi connectivity index (χ1) is 12.7. The minimum Gasteiger partial charge on any atom is -0.326 e. The number of nitrogens with one attached hydrogen (secondary N) is 1. The van der Waals surface area contributed by atoms with Crippen LogP contribution < -0.4 is 5.32 Å². The second kappa shape index (κ2) is 5.98. The maximum atomic E-state index is 13.2. The van der Waals surface area contributed by atoms with Gasteiger partial charge in [-0.3, -0.25) is 4.79 Å². The lowest BCUT2D eigenvalue weighted by Gasteiger charge is -2.52. The molecule has 1 fully saturated rings. The maximum absolute atomic E-state index is 13.2. The quantitative estimate of drug-likeness (QED) is 0.800. The Balaban J connectivity index is 1.51. The van der Waals surface area contributed by atoms with Gasteiger partial charge in [-0.05, 0) is 59.9 Å². The fourth-order valence-corrected chi connectivity index (χ4v) is 5.39. The minimum atomic E-state index is 0.0350. The summed E-state index contributed by atoms with van der Waals surface area (Å²) in [5, 5.41) is 3.18. The molecule has 26 heavy (non-hydrogen) atoms. The van der Waals surface area contributed by atoms with Crippen LogP contribution in [0.3, 0.4) is 0 Å². The molecule has 2 heteroatoms. The fraction of sp³-hybridized carbons (Fsp3) is 0.292. The lowest BCUT2D eigenvalue weighted by molar-refractivity contribution is -0.122. The Bertz CT molecular complexity index is 925. The molecular formula is C24H23NO. The van der Waals surface area contributed by atoms with Crippen molar-refractivity contribution in [2.75, 3.05) is 5.32 Å². The lowest BCUT2D eigenvalue weighted by atomic mass is 9.51. The second-order valence-corrected chi connectivity index (χ2v) is 7.89. The molecule has 0 saturated heterocycles. The number of allylic oxidation sites excluding steroid dienone is 4. The molecule has 6 rings (SSSR count). The zero-order valence-corrected chi connectivity index (χ0v) is 14.9. The minimum absolute atomic E-state index is 0.0350. The number of hydrogen-bond donors (Lipinski definition) is 1. The average molecular weight is 341 g/mol. The van der Waals surface area contributed by atoms with E-state index >= 15 is 0 Å². The van der Waals surface area contributed by atoms with Gasteiger partial charge in [-0.25, -0.2) is 0 Å². The number of hydrogen-bond acceptors (Lipinski definition) is 1. The van der Waals surface area contributed by atoms with E-state index in [1.807, 2.05) is 18.2 Å². The van der Waals surface area contributed by atoms with E-state index < -0.39 is 0 Å². The van der Waals surface area contributed by atoms with Crippen LogP contribution in [-0.4, -0.2) is 5.91 Å². The van der Waals surface area contributed by atoms with Crippen molar-refractivity contribution in [2.45, 2.75) is 25.2 Å². The van der Waals surface area contributed by atoms with Gasteiger partial charge in [0.15, 0.2) is 0 Å². The summed E-state index contributed by atoms with van der Waals surface area (Å²) in [6, 6.07) is 16.8. The van der Waals surface area contributed by atoms with Crippen molar-refractivity contribution in [2.24, 2.45) is 17.8 Å². The summed E-state index contributed by atoms with van der Waals surface area (Å²) in [6.07, 6.45) is 9.95. The summed E-state index contributed by atoms with van der Waals surface area (Å²) < 4.78 is 0. The van der Waals surface area contributed by atoms with Crippen LogP contribution in [0.4, 0.5) is 5.69 Å². The highest BCUT2D eigenvalue weighted by molar-refractivity contribution is 5.94. The van der Waals surface area contributed by atoms with E-state index in [2.05, 4.69) is 66.9 Å². The molecule has 0 aliphatic heterocycles. The Kier molecular flexibility index (Phi) is 3.59. The maximum Gasteiger partial charge on any atom is 0.228 e. The van der Waals surface area contributed by atoms with Crippen LogP contribution in [0.1, 0.15) is 34.9 Å². The van der Waals surface area contributed by atoms with Crippen LogP contribution >= 0.6 is 0 Å². The second-order valence-electron chi connectivity index (χ2n) is 7.89. The summed E-state index contributed by atoms with van der Waals surface area (Å²) in [7, 11) is 0. The summed E-state index contributed by atoms with van der Waals surface area (Å²) >= 11 is 0. The number of fused-ring (bicyclic) bond motifs is 1. The number of aryl methyl sites for hydroxylation is 1. The molecule has 4 aliphatic carbocycles. The third-order valence-corrected chi connectivity index (χ3v) is 6.42. The highest BCUT2D eigenvalue weighted by atomic mass is 16.1. The van der Waals surface area contributed by atoms with E-state index in [0.717, 1.165) is 12.1 Å². The lowest BCUT2D eigenvalue weighted by Crippen LogP contribution is -2.46. The van der Waals surface area contributed by atoms with Crippen molar-refractivity contribution >= 4 is 11.6 Å². The van der Waals surface area contributed by atoms with Gasteiger partial charge in [0, 0.05) is 17.5 Å². The number of anilines is 1. The Morgan fingerprint density at radius 2 is 1.73 bits per heavy atom. The Labute approximate surface area is 154 Å². The van der Waals surface area contributed by atoms with Crippen LogP contribution in [0.25, 0.3) is 0 Å². The van der Waals surface area contributed by atoms with Crippen molar-refractivity contribution < 1.29 is 4.79 Å². The highest BCUT2D eigenvalue weighted by Gasteiger charge is 2.51. The first kappa shape index (κ1) is 15.6. The Morgan fingerprint density at radius 1 is 0.962 bits per heavy atom. The molecule has 2 aromatic rings. The van der Waals surface area contributed by atoms with E-state index in [1.54, 1.807) is 0 Å². The van der Waals surface area contributed by atoms with Crippen LogP contribution in [0, 0.1) is 24.7 Å². The number of rotatable bonds is 2. The van der Waals surface area contributed by atoms with Gasteiger partial charge >= 0.3 is 0 Å². The van der Waals surface area contributed by atoms with Crippen molar-refractivity contribution in [3.05, 3.63) is 89.5 Å². The van der Waals surface area contributed by atoms with Gasteiger partial charge in [0.25, 0.3) is 0 Å². The largest absolute Gasteiger partial charge is 0.326 e. The Hall–Kier alpha value is -2.61. The molecule has 0 heterocycles. The molecule has 1 N–H and O–H groups in total. The third kappa shape index (κ3) is 2.36. The summed E-state index contributed by atoms with van der Waals surface area (Å²) in [6.45, 7) is 2.05. The normalized spacial score (nSPS) is 30.6. The average Bonchev–Trinajstić information content (AvgIpc) is 2.68. The third-order valence-electron chi connectivity index (χ3n) is 6.42. The standard InChI is InChI=1S/C24H23NO/c1-15-7-6-8-16(13-15)25-24(26)22-14-21-17-9-2-4-11-19(17)23(22)20-12-5-3-10-18(20)21/h2-13,17,19,21-23H,14H2,1H3,(H,25,26)/t17-,19-,21+,22-,23-/m0/s1. The molecule has 5 atom stereocenters. The van der Waals surface area contributed by atoms with Gasteiger partial charge in [0.2, 0.25) is 5.91 Å². The number of amides is 1. The predicted octanol–water partition coefficient (Wildman–Crippen LogP) is 5.19. The predicted molar refractivity (Wildman–Crippen MR) is 105 cm³/mol. The van der Waals surface area contributed by atoms with Gasteiger partial charge in [-0.15, -0.1) is 0 Å². The topological polar surface area (TPSA) is 29.1 Å². The number of benzene rings is 2. The van der Waals surface area contributed by atoms with E-state index in [0.29, 0.717) is 17.8 Å². The van der Waals surface area contributed by atoms with Crippen molar-refractivity contribution in [1.82, 2.24) is 0 Å². The van der Waals surface area contributed by atoms with Gasteiger partial charge in [0.1, 0.15) is 0 Å². The van der Waals surface area contributed by atoms with Crippen LogP contribution in [0.2, 0.25) is 0 Å². The Morgan fingerprint density at radius 3 is 2.54 bits per heavy atom. The molecule has 0 radical (unpaired) electrons. The molecule has 0 aromatic heterocycles. The number of carbonyl (C=O) groups is 1. The zero-order valence-electron chi connectivity index (χ0n) is 14.9. The van der Waals surface area contributed by atoms with Gasteiger partial charge in [-0.2, -0.15) is 0 Å². The monoisotopic (exact) mass is 341 g/mol. The van der Waals surface area contributed by atoms with E-state index in [-0.39, 0.29) is 17.7 Å². The van der Waals surface area contributed by atoms with Crippen molar-refractivity contribution in [3.8, 4) is 0 Å². The molecule has 130 valence electrons. The summed E-state index contributed by atoms with van der Waals surface area (Å²) in [5.41, 5.74) is 4.91. The number of carbonyl (C=O) groups excluding carboxylic acids is 1. The van der Waals surface area contributed by atoms with Gasteiger partial charge < -0.3 is 5.32 Å². The van der Waals surface area contributed by atoms with Crippen LogP contribution in [-0.2, 0) is 4.79 Å². The molecule has 4 aliphatic rings. The molecule has 2 aromatic carbocycles. The van der Waals surface area contributed by atoms with Crippen LogP contribution in [0.15, 0.2) is 72.8 Å². The van der Waals surface area contributed by atoms with Crippen LogP contribution in [0.5, 0.6) is 0 Å². The molecule has 0 spiro atoms. The summed E-state index contributed by atoms with van der Waals surface area (Å²) in [4.78, 5) is 13.2. The van der Waals surface area contributed by atoms with E-state index in [4.69, 9.17) is 0 Å². The first-order valence-corrected chi connectivity index (χ1v) is 9.54. The first-order valence-electron chi connectivity index (χ1n) is 9.54. The highest BCUT2D eigenvalue weighted by Crippen LogP contribution is 2.59. The fourth-order valence-electron chi connectivity index (χ4n) is 5.39. The molecule has 2 nitrogen and oxygen atoms in total. The van der Waals surface area contributed by atoms with E-state index in [9.17, 15) is 4.79 Å².